The molecule has 0 bridgehead atoms. The van der Waals surface area contributed by atoms with Crippen LogP contribution in [-0.4, -0.2) is 23.5 Å². The molecule has 0 aliphatic carbocycles. The fourth-order valence-corrected chi connectivity index (χ4v) is 2.26. The van der Waals surface area contributed by atoms with Gasteiger partial charge in [0.2, 0.25) is 5.91 Å². The molecule has 0 saturated heterocycles. The number of hydrogen-bond donors (Lipinski definition) is 1. The lowest BCUT2D eigenvalue weighted by molar-refractivity contribution is -0.145. The van der Waals surface area contributed by atoms with E-state index in [0.29, 0.717) is 6.54 Å². The summed E-state index contributed by atoms with van der Waals surface area (Å²) in [6.07, 6.45) is 2.89. The van der Waals surface area contributed by atoms with Gasteiger partial charge in [0.25, 0.3) is 0 Å². The molecule has 1 aromatic carbocycles. The summed E-state index contributed by atoms with van der Waals surface area (Å²) in [5.41, 5.74) is 1.99. The summed E-state index contributed by atoms with van der Waals surface area (Å²) in [7, 11) is 0. The van der Waals surface area contributed by atoms with Gasteiger partial charge in [0.1, 0.15) is 5.92 Å². The highest BCUT2D eigenvalue weighted by molar-refractivity contribution is 6.05. The fraction of sp³-hybridized carbons (Fsp3) is 0.429. The van der Waals surface area contributed by atoms with E-state index in [2.05, 4.69) is 0 Å². The van der Waals surface area contributed by atoms with E-state index < -0.39 is 11.9 Å². The summed E-state index contributed by atoms with van der Waals surface area (Å²) < 4.78 is 0. The molecule has 1 unspecified atom stereocenters. The van der Waals surface area contributed by atoms with E-state index in [9.17, 15) is 9.59 Å². The largest absolute Gasteiger partial charge is 0.481 e. The number of fused-ring (bicyclic) bond motifs is 1. The summed E-state index contributed by atoms with van der Waals surface area (Å²) >= 11 is 0. The van der Waals surface area contributed by atoms with Crippen molar-refractivity contribution in [3.63, 3.8) is 0 Å². The van der Waals surface area contributed by atoms with Crippen molar-refractivity contribution < 1.29 is 14.7 Å². The lowest BCUT2D eigenvalue weighted by Gasteiger charge is -2.24. The Bertz CT molecular complexity index is 470. The number of carbonyl (C=O) groups excluding carboxylic acids is 1. The molecule has 1 heterocycles. The molecule has 0 saturated carbocycles. The maximum absolute atomic E-state index is 12.2. The van der Waals surface area contributed by atoms with E-state index >= 15 is 0 Å². The zero-order valence-electron chi connectivity index (χ0n) is 10.4. The van der Waals surface area contributed by atoms with Crippen LogP contribution in [0.1, 0.15) is 25.3 Å². The zero-order valence-corrected chi connectivity index (χ0v) is 10.4. The van der Waals surface area contributed by atoms with E-state index in [1.807, 2.05) is 24.3 Å². The Kier molecular flexibility index (Phi) is 3.65. The first kappa shape index (κ1) is 12.6. The molecule has 1 atom stereocenters. The van der Waals surface area contributed by atoms with Gasteiger partial charge in [0.05, 0.1) is 0 Å². The van der Waals surface area contributed by atoms with Crippen molar-refractivity contribution in [2.75, 3.05) is 11.4 Å². The van der Waals surface area contributed by atoms with Gasteiger partial charge in [-0.05, 0) is 37.8 Å². The van der Waals surface area contributed by atoms with Crippen LogP contribution in [0.25, 0.3) is 0 Å². The first-order chi connectivity index (χ1) is 8.61. The summed E-state index contributed by atoms with van der Waals surface area (Å²) in [6.45, 7) is 2.05. The molecule has 1 aromatic rings. The molecule has 1 amide bonds. The number of aliphatic carboxylic acids is 1. The molecule has 0 spiro atoms. The second kappa shape index (κ2) is 5.21. The Morgan fingerprint density at radius 3 is 2.72 bits per heavy atom. The van der Waals surface area contributed by atoms with Gasteiger partial charge >= 0.3 is 5.97 Å². The maximum atomic E-state index is 12.2. The number of rotatable bonds is 2. The number of benzene rings is 1. The third kappa shape index (κ3) is 2.37. The quantitative estimate of drug-likeness (QED) is 0.814. The molecule has 0 fully saturated rings. The van der Waals surface area contributed by atoms with Crippen LogP contribution in [0.2, 0.25) is 0 Å². The minimum atomic E-state index is -1.07. The van der Waals surface area contributed by atoms with Gasteiger partial charge in [-0.15, -0.1) is 0 Å². The molecule has 0 radical (unpaired) electrons. The van der Waals surface area contributed by atoms with Gasteiger partial charge in [0.15, 0.2) is 0 Å². The molecule has 1 aliphatic heterocycles. The van der Waals surface area contributed by atoms with E-state index in [1.165, 1.54) is 6.92 Å². The van der Waals surface area contributed by atoms with Crippen molar-refractivity contribution in [3.8, 4) is 0 Å². The van der Waals surface area contributed by atoms with Crippen molar-refractivity contribution in [3.05, 3.63) is 29.8 Å². The summed E-state index contributed by atoms with van der Waals surface area (Å²) in [4.78, 5) is 24.8. The van der Waals surface area contributed by atoms with Gasteiger partial charge in [-0.3, -0.25) is 9.59 Å². The second-order valence-electron chi connectivity index (χ2n) is 4.64. The van der Waals surface area contributed by atoms with E-state index in [0.717, 1.165) is 30.5 Å². The van der Waals surface area contributed by atoms with Gasteiger partial charge in [0, 0.05) is 12.2 Å². The standard InChI is InChI=1S/C14H17NO3/c1-10(14(17)18)13(16)15-9-5-4-7-11-6-2-3-8-12(11)15/h2-3,6,8,10H,4-5,7,9H2,1H3,(H,17,18). The topological polar surface area (TPSA) is 57.6 Å². The predicted molar refractivity (Wildman–Crippen MR) is 68.5 cm³/mol. The number of amides is 1. The molecule has 96 valence electrons. The Morgan fingerprint density at radius 1 is 1.28 bits per heavy atom. The van der Waals surface area contributed by atoms with Crippen molar-refractivity contribution in [2.45, 2.75) is 26.2 Å². The number of hydrogen-bond acceptors (Lipinski definition) is 2. The third-order valence-electron chi connectivity index (χ3n) is 3.37. The predicted octanol–water partition coefficient (Wildman–Crippen LogP) is 2.08. The van der Waals surface area contributed by atoms with Crippen LogP contribution in [0.5, 0.6) is 0 Å². The Balaban J connectivity index is 2.33. The molecular weight excluding hydrogens is 230 g/mol. The Morgan fingerprint density at radius 2 is 2.00 bits per heavy atom. The summed E-state index contributed by atoms with van der Waals surface area (Å²) in [6, 6.07) is 7.74. The molecule has 18 heavy (non-hydrogen) atoms. The highest BCUT2D eigenvalue weighted by Crippen LogP contribution is 2.27. The Labute approximate surface area is 106 Å². The molecule has 4 heteroatoms. The minimum absolute atomic E-state index is 0.322. The number of carboxylic acids is 1. The van der Waals surface area contributed by atoms with E-state index in [4.69, 9.17) is 5.11 Å². The SMILES string of the molecule is CC(C(=O)O)C(=O)N1CCCCc2ccccc21. The summed E-state index contributed by atoms with van der Waals surface area (Å²) in [5, 5.41) is 8.95. The summed E-state index contributed by atoms with van der Waals surface area (Å²) in [5.74, 6) is -2.38. The Hall–Kier alpha value is -1.84. The maximum Gasteiger partial charge on any atom is 0.315 e. The smallest absolute Gasteiger partial charge is 0.315 e. The molecule has 2 rings (SSSR count). The van der Waals surface area contributed by atoms with Gasteiger partial charge in [-0.1, -0.05) is 18.2 Å². The van der Waals surface area contributed by atoms with Crippen molar-refractivity contribution in [2.24, 2.45) is 5.92 Å². The first-order valence-electron chi connectivity index (χ1n) is 6.23. The average molecular weight is 247 g/mol. The van der Waals surface area contributed by atoms with Crippen LogP contribution in [-0.2, 0) is 16.0 Å². The second-order valence-corrected chi connectivity index (χ2v) is 4.64. The van der Waals surface area contributed by atoms with Crippen LogP contribution < -0.4 is 4.90 Å². The molecule has 0 aromatic heterocycles. The molecule has 4 nitrogen and oxygen atoms in total. The van der Waals surface area contributed by atoms with Crippen LogP contribution >= 0.6 is 0 Å². The van der Waals surface area contributed by atoms with Gasteiger partial charge in [-0.2, -0.15) is 0 Å². The van der Waals surface area contributed by atoms with E-state index in [-0.39, 0.29) is 5.91 Å². The van der Waals surface area contributed by atoms with Gasteiger partial charge in [-0.25, -0.2) is 0 Å². The van der Waals surface area contributed by atoms with Crippen LogP contribution in [0.15, 0.2) is 24.3 Å². The number of anilines is 1. The highest BCUT2D eigenvalue weighted by Gasteiger charge is 2.28. The number of carbonyl (C=O) groups is 2. The number of para-hydroxylation sites is 1. The molecular formula is C14H17NO3. The monoisotopic (exact) mass is 247 g/mol. The number of aryl methyl sites for hydroxylation is 1. The normalized spacial score (nSPS) is 16.6. The lowest BCUT2D eigenvalue weighted by atomic mass is 10.1. The van der Waals surface area contributed by atoms with Crippen LogP contribution in [0.3, 0.4) is 0 Å². The van der Waals surface area contributed by atoms with Crippen molar-refractivity contribution in [1.82, 2.24) is 0 Å². The highest BCUT2D eigenvalue weighted by atomic mass is 16.4. The minimum Gasteiger partial charge on any atom is -0.481 e. The molecule has 1 N–H and O–H groups in total. The van der Waals surface area contributed by atoms with Crippen LogP contribution in [0, 0.1) is 5.92 Å². The van der Waals surface area contributed by atoms with Crippen molar-refractivity contribution in [1.29, 1.82) is 0 Å². The molecule has 1 aliphatic rings. The third-order valence-corrected chi connectivity index (χ3v) is 3.37. The first-order valence-corrected chi connectivity index (χ1v) is 6.23. The average Bonchev–Trinajstić information content (AvgIpc) is 2.59. The van der Waals surface area contributed by atoms with E-state index in [1.54, 1.807) is 4.90 Å². The van der Waals surface area contributed by atoms with Crippen LogP contribution in [0.4, 0.5) is 5.69 Å². The fourth-order valence-electron chi connectivity index (χ4n) is 2.26. The lowest BCUT2D eigenvalue weighted by Crippen LogP contribution is -2.38. The van der Waals surface area contributed by atoms with Gasteiger partial charge < -0.3 is 10.0 Å². The number of nitrogens with zero attached hydrogens (tertiary/aromatic N) is 1. The zero-order chi connectivity index (χ0) is 13.1. The van der Waals surface area contributed by atoms with Crippen molar-refractivity contribution >= 4 is 17.6 Å². The number of carboxylic acid groups (broad SMARTS) is 1.